The summed E-state index contributed by atoms with van der Waals surface area (Å²) < 4.78 is 12.7. The van der Waals surface area contributed by atoms with Gasteiger partial charge in [-0.15, -0.1) is 11.8 Å². The molecule has 0 saturated carbocycles. The van der Waals surface area contributed by atoms with Crippen molar-refractivity contribution in [1.82, 2.24) is 0 Å². The maximum atomic E-state index is 6.29. The first kappa shape index (κ1) is 9.08. The molecule has 0 aromatic rings. The standard InChI is InChI=1S/C12H16O2S/c1-9(2)11-7-5-6-8(13-7)12(11,15-11)10(3,4)14-9/h5-8H,1-4H3. The number of hydrogen-bond donors (Lipinski definition) is 0. The quantitative estimate of drug-likeness (QED) is 0.464. The van der Waals surface area contributed by atoms with Crippen molar-refractivity contribution in [3.8, 4) is 0 Å². The Morgan fingerprint density at radius 2 is 1.40 bits per heavy atom. The highest BCUT2D eigenvalue weighted by molar-refractivity contribution is 8.10. The highest BCUT2D eigenvalue weighted by atomic mass is 32.2. The van der Waals surface area contributed by atoms with Crippen LogP contribution in [0.4, 0.5) is 0 Å². The molecule has 4 unspecified atom stereocenters. The number of ether oxygens (including phenoxy) is 2. The second kappa shape index (κ2) is 1.93. The fourth-order valence-electron chi connectivity index (χ4n) is 4.30. The van der Waals surface area contributed by atoms with E-state index in [-0.39, 0.29) is 32.9 Å². The van der Waals surface area contributed by atoms with Gasteiger partial charge < -0.3 is 9.47 Å². The number of hydrogen-bond acceptors (Lipinski definition) is 3. The largest absolute Gasteiger partial charge is 0.366 e. The van der Waals surface area contributed by atoms with Gasteiger partial charge in [0.15, 0.2) is 0 Å². The van der Waals surface area contributed by atoms with Crippen molar-refractivity contribution in [3.05, 3.63) is 12.2 Å². The maximum Gasteiger partial charge on any atom is 0.0956 e. The first-order chi connectivity index (χ1) is 6.87. The van der Waals surface area contributed by atoms with Gasteiger partial charge in [-0.2, -0.15) is 0 Å². The lowest BCUT2D eigenvalue weighted by Gasteiger charge is -2.37. The highest BCUT2D eigenvalue weighted by Crippen LogP contribution is 2.86. The Bertz CT molecular complexity index is 366. The smallest absolute Gasteiger partial charge is 0.0956 e. The van der Waals surface area contributed by atoms with Gasteiger partial charge >= 0.3 is 0 Å². The Labute approximate surface area is 94.4 Å². The van der Waals surface area contributed by atoms with Gasteiger partial charge in [-0.05, 0) is 27.7 Å². The highest BCUT2D eigenvalue weighted by Gasteiger charge is 2.94. The van der Waals surface area contributed by atoms with Crippen molar-refractivity contribution >= 4 is 11.8 Å². The Kier molecular flexibility index (Phi) is 1.17. The third-order valence-electron chi connectivity index (χ3n) is 4.69. The van der Waals surface area contributed by atoms with E-state index in [1.54, 1.807) is 0 Å². The zero-order chi connectivity index (χ0) is 10.7. The molecule has 4 rings (SSSR count). The van der Waals surface area contributed by atoms with Gasteiger partial charge in [-0.25, -0.2) is 0 Å². The average molecular weight is 224 g/mol. The lowest BCUT2D eigenvalue weighted by Crippen LogP contribution is -2.46. The number of fused-ring (bicyclic) bond motifs is 2. The summed E-state index contributed by atoms with van der Waals surface area (Å²) in [6.07, 6.45) is 5.00. The summed E-state index contributed by atoms with van der Waals surface area (Å²) in [6.45, 7) is 8.87. The van der Waals surface area contributed by atoms with Crippen molar-refractivity contribution < 1.29 is 9.47 Å². The van der Waals surface area contributed by atoms with E-state index in [9.17, 15) is 0 Å². The van der Waals surface area contributed by atoms with Crippen LogP contribution in [0.3, 0.4) is 0 Å². The summed E-state index contributed by atoms with van der Waals surface area (Å²) in [7, 11) is 0. The minimum atomic E-state index is -0.0780. The Morgan fingerprint density at radius 3 is 1.87 bits per heavy atom. The van der Waals surface area contributed by atoms with Crippen LogP contribution in [-0.2, 0) is 9.47 Å². The van der Waals surface area contributed by atoms with Crippen molar-refractivity contribution in [2.75, 3.05) is 0 Å². The van der Waals surface area contributed by atoms with Crippen LogP contribution in [0.15, 0.2) is 12.2 Å². The van der Waals surface area contributed by atoms with Gasteiger partial charge in [0.1, 0.15) is 0 Å². The molecule has 4 heterocycles. The molecule has 15 heavy (non-hydrogen) atoms. The molecule has 0 spiro atoms. The lowest BCUT2D eigenvalue weighted by molar-refractivity contribution is -0.107. The molecule has 0 radical (unpaired) electrons. The predicted octanol–water partition coefficient (Wildman–Crippen LogP) is 2.14. The van der Waals surface area contributed by atoms with Gasteiger partial charge in [-0.3, -0.25) is 0 Å². The molecular weight excluding hydrogens is 208 g/mol. The van der Waals surface area contributed by atoms with E-state index < -0.39 is 0 Å². The predicted molar refractivity (Wildman–Crippen MR) is 60.1 cm³/mol. The van der Waals surface area contributed by atoms with E-state index in [0.29, 0.717) is 0 Å². The first-order valence-electron chi connectivity index (χ1n) is 5.62. The van der Waals surface area contributed by atoms with E-state index in [1.807, 2.05) is 0 Å². The molecule has 3 saturated heterocycles. The molecule has 2 nitrogen and oxygen atoms in total. The molecule has 0 aromatic heterocycles. The zero-order valence-corrected chi connectivity index (χ0v) is 10.4. The van der Waals surface area contributed by atoms with Gasteiger partial charge in [0.05, 0.1) is 32.9 Å². The van der Waals surface area contributed by atoms with Crippen molar-refractivity contribution in [1.29, 1.82) is 0 Å². The summed E-state index contributed by atoms with van der Waals surface area (Å²) in [4.78, 5) is 0. The van der Waals surface area contributed by atoms with Crippen LogP contribution >= 0.6 is 11.8 Å². The van der Waals surface area contributed by atoms with Crippen molar-refractivity contribution in [2.24, 2.45) is 0 Å². The van der Waals surface area contributed by atoms with Crippen LogP contribution in [0.1, 0.15) is 27.7 Å². The van der Waals surface area contributed by atoms with Crippen LogP contribution in [0, 0.1) is 0 Å². The van der Waals surface area contributed by atoms with Crippen molar-refractivity contribution in [3.63, 3.8) is 0 Å². The normalized spacial score (nSPS) is 60.5. The molecule has 3 fully saturated rings. The molecule has 4 atom stereocenters. The molecule has 0 aromatic carbocycles. The molecule has 0 amide bonds. The van der Waals surface area contributed by atoms with E-state index in [0.717, 1.165) is 0 Å². The summed E-state index contributed by atoms with van der Waals surface area (Å²) in [5, 5.41) is 0. The summed E-state index contributed by atoms with van der Waals surface area (Å²) in [5.41, 5.74) is -0.156. The Morgan fingerprint density at radius 1 is 0.933 bits per heavy atom. The fourth-order valence-corrected chi connectivity index (χ4v) is 6.55. The summed E-state index contributed by atoms with van der Waals surface area (Å²) in [6, 6.07) is 0. The molecule has 3 heteroatoms. The fraction of sp³-hybridized carbons (Fsp3) is 0.833. The minimum Gasteiger partial charge on any atom is -0.366 e. The van der Waals surface area contributed by atoms with Gasteiger partial charge in [0.25, 0.3) is 0 Å². The van der Waals surface area contributed by atoms with Crippen LogP contribution in [-0.4, -0.2) is 32.9 Å². The molecule has 4 aliphatic rings. The molecule has 4 aliphatic heterocycles. The van der Waals surface area contributed by atoms with Crippen LogP contribution < -0.4 is 0 Å². The monoisotopic (exact) mass is 224 g/mol. The maximum absolute atomic E-state index is 6.29. The van der Waals surface area contributed by atoms with Gasteiger partial charge in [-0.1, -0.05) is 12.2 Å². The van der Waals surface area contributed by atoms with Gasteiger partial charge in [0, 0.05) is 0 Å². The number of rotatable bonds is 0. The van der Waals surface area contributed by atoms with Crippen LogP contribution in [0.5, 0.6) is 0 Å². The average Bonchev–Trinajstić information content (AvgIpc) is 2.50. The van der Waals surface area contributed by atoms with Crippen LogP contribution in [0.2, 0.25) is 0 Å². The minimum absolute atomic E-state index is 0.0780. The molecule has 0 N–H and O–H groups in total. The third kappa shape index (κ3) is 0.601. The lowest BCUT2D eigenvalue weighted by atomic mass is 9.71. The second-order valence-corrected chi connectivity index (χ2v) is 7.55. The van der Waals surface area contributed by atoms with E-state index in [2.05, 4.69) is 51.6 Å². The summed E-state index contributed by atoms with van der Waals surface area (Å²) in [5.74, 6) is 0. The summed E-state index contributed by atoms with van der Waals surface area (Å²) >= 11 is 2.09. The SMILES string of the molecule is CC1(C)OC(C)(C)C23SC12C1C=CC3O1. The number of thioether (sulfide) groups is 1. The van der Waals surface area contributed by atoms with Gasteiger partial charge in [0.2, 0.25) is 0 Å². The van der Waals surface area contributed by atoms with E-state index in [1.165, 1.54) is 0 Å². The third-order valence-corrected chi connectivity index (χ3v) is 7.22. The van der Waals surface area contributed by atoms with E-state index >= 15 is 0 Å². The zero-order valence-electron chi connectivity index (χ0n) is 9.53. The van der Waals surface area contributed by atoms with E-state index in [4.69, 9.17) is 9.47 Å². The molecule has 82 valence electrons. The van der Waals surface area contributed by atoms with Crippen LogP contribution in [0.25, 0.3) is 0 Å². The second-order valence-electron chi connectivity index (χ2n) is 6.06. The first-order valence-corrected chi connectivity index (χ1v) is 6.43. The Balaban J connectivity index is 1.98. The molecule has 0 aliphatic carbocycles. The Hall–Kier alpha value is 0.01000. The van der Waals surface area contributed by atoms with Crippen molar-refractivity contribution in [2.45, 2.75) is 60.6 Å². The molecule has 2 bridgehead atoms. The molecular formula is C12H16O2S. The topological polar surface area (TPSA) is 18.5 Å².